The van der Waals surface area contributed by atoms with Crippen molar-refractivity contribution in [2.24, 2.45) is 5.92 Å². The Kier molecular flexibility index (Phi) is 6.37. The molecule has 1 aliphatic rings. The molecule has 158 valence electrons. The molecule has 0 saturated carbocycles. The second kappa shape index (κ2) is 9.53. The van der Waals surface area contributed by atoms with Crippen molar-refractivity contribution in [1.82, 2.24) is 10.3 Å². The number of thiazole rings is 1. The summed E-state index contributed by atoms with van der Waals surface area (Å²) >= 11 is 1.31. The van der Waals surface area contributed by atoms with Gasteiger partial charge in [0.2, 0.25) is 17.7 Å². The van der Waals surface area contributed by atoms with Crippen molar-refractivity contribution in [1.29, 1.82) is 0 Å². The van der Waals surface area contributed by atoms with Crippen LogP contribution < -0.4 is 15.5 Å². The van der Waals surface area contributed by atoms with Crippen LogP contribution in [0.5, 0.6) is 0 Å². The number of carbonyl (C=O) groups is 3. The zero-order chi connectivity index (χ0) is 21.6. The van der Waals surface area contributed by atoms with Crippen molar-refractivity contribution < 1.29 is 14.4 Å². The van der Waals surface area contributed by atoms with E-state index in [-0.39, 0.29) is 24.1 Å². The van der Waals surface area contributed by atoms with Crippen LogP contribution in [0, 0.1) is 5.92 Å². The monoisotopic (exact) mass is 434 g/mol. The third-order valence-electron chi connectivity index (χ3n) is 5.14. The maximum Gasteiger partial charge on any atom is 0.249 e. The number of amides is 3. The van der Waals surface area contributed by atoms with Crippen LogP contribution in [-0.4, -0.2) is 35.3 Å². The highest BCUT2D eigenvalue weighted by atomic mass is 32.1. The lowest BCUT2D eigenvalue weighted by Gasteiger charge is -2.20. The lowest BCUT2D eigenvalue weighted by molar-refractivity contribution is -0.129. The van der Waals surface area contributed by atoms with Gasteiger partial charge in [0.05, 0.1) is 5.92 Å². The Bertz CT molecular complexity index is 1040. The van der Waals surface area contributed by atoms with Gasteiger partial charge < -0.3 is 15.5 Å². The zero-order valence-corrected chi connectivity index (χ0v) is 17.5. The highest BCUT2D eigenvalue weighted by molar-refractivity contribution is 7.13. The summed E-state index contributed by atoms with van der Waals surface area (Å²) < 4.78 is 0. The van der Waals surface area contributed by atoms with Gasteiger partial charge in [-0.15, -0.1) is 11.3 Å². The number of aromatic nitrogens is 1. The minimum absolute atomic E-state index is 0.0989. The van der Waals surface area contributed by atoms with E-state index in [1.807, 2.05) is 60.7 Å². The molecule has 2 aromatic carbocycles. The summed E-state index contributed by atoms with van der Waals surface area (Å²) in [5.74, 6) is -1.25. The SMILES string of the molecule is O=C(N[C@@H](Cc1ccccc1)C(=O)Nc1nccs1)C1CC(=O)N(c2ccccc2)C1. The first kappa shape index (κ1) is 20.7. The van der Waals surface area contributed by atoms with E-state index in [9.17, 15) is 14.4 Å². The number of nitrogens with one attached hydrogen (secondary N) is 2. The maximum atomic E-state index is 13.0. The summed E-state index contributed by atoms with van der Waals surface area (Å²) in [7, 11) is 0. The van der Waals surface area contributed by atoms with Gasteiger partial charge >= 0.3 is 0 Å². The normalized spacial score (nSPS) is 16.7. The molecule has 1 aliphatic heterocycles. The average molecular weight is 435 g/mol. The molecule has 1 saturated heterocycles. The van der Waals surface area contributed by atoms with Crippen molar-refractivity contribution in [3.05, 3.63) is 77.8 Å². The number of hydrogen-bond donors (Lipinski definition) is 2. The first-order valence-corrected chi connectivity index (χ1v) is 10.9. The fraction of sp³-hybridized carbons (Fsp3) is 0.217. The van der Waals surface area contributed by atoms with Crippen LogP contribution in [0.1, 0.15) is 12.0 Å². The Morgan fingerprint density at radius 1 is 1.10 bits per heavy atom. The molecule has 0 bridgehead atoms. The Morgan fingerprint density at radius 2 is 1.81 bits per heavy atom. The molecule has 7 nitrogen and oxygen atoms in total. The molecule has 4 rings (SSSR count). The van der Waals surface area contributed by atoms with Gasteiger partial charge in [-0.05, 0) is 17.7 Å². The third-order valence-corrected chi connectivity index (χ3v) is 5.83. The van der Waals surface area contributed by atoms with E-state index in [4.69, 9.17) is 0 Å². The zero-order valence-electron chi connectivity index (χ0n) is 16.7. The maximum absolute atomic E-state index is 13.0. The number of para-hydroxylation sites is 1. The van der Waals surface area contributed by atoms with Crippen LogP contribution in [0.3, 0.4) is 0 Å². The molecule has 8 heteroatoms. The standard InChI is InChI=1S/C23H22N4O3S/c28-20-14-17(15-27(20)18-9-5-2-6-10-18)21(29)25-19(13-16-7-3-1-4-8-16)22(30)26-23-24-11-12-31-23/h1-12,17,19H,13-15H2,(H,25,29)(H,24,26,30)/t17?,19-/m0/s1. The van der Waals surface area contributed by atoms with Gasteiger partial charge in [0, 0.05) is 36.7 Å². The van der Waals surface area contributed by atoms with Gasteiger partial charge in [-0.2, -0.15) is 0 Å². The number of anilines is 2. The summed E-state index contributed by atoms with van der Waals surface area (Å²) in [4.78, 5) is 44.0. The van der Waals surface area contributed by atoms with E-state index in [1.54, 1.807) is 16.5 Å². The molecule has 0 spiro atoms. The van der Waals surface area contributed by atoms with Crippen molar-refractivity contribution >= 4 is 39.9 Å². The first-order chi connectivity index (χ1) is 15.1. The number of nitrogens with zero attached hydrogens (tertiary/aromatic N) is 2. The van der Waals surface area contributed by atoms with Crippen molar-refractivity contribution in [2.45, 2.75) is 18.9 Å². The average Bonchev–Trinajstić information content (AvgIpc) is 3.44. The van der Waals surface area contributed by atoms with Gasteiger partial charge in [0.25, 0.3) is 0 Å². The topological polar surface area (TPSA) is 91.4 Å². The molecule has 1 fully saturated rings. The van der Waals surface area contributed by atoms with E-state index >= 15 is 0 Å². The minimum Gasteiger partial charge on any atom is -0.344 e. The van der Waals surface area contributed by atoms with E-state index in [1.165, 1.54) is 11.3 Å². The fourth-order valence-electron chi connectivity index (χ4n) is 3.57. The number of hydrogen-bond acceptors (Lipinski definition) is 5. The lowest BCUT2D eigenvalue weighted by atomic mass is 10.0. The smallest absolute Gasteiger partial charge is 0.249 e. The predicted octanol–water partition coefficient (Wildman–Crippen LogP) is 2.86. The van der Waals surface area contributed by atoms with Gasteiger partial charge in [0.15, 0.2) is 5.13 Å². The van der Waals surface area contributed by atoms with Gasteiger partial charge in [0.1, 0.15) is 6.04 Å². The Labute approximate surface area is 184 Å². The Balaban J connectivity index is 1.46. The molecule has 2 heterocycles. The molecule has 2 atom stereocenters. The molecule has 0 radical (unpaired) electrons. The molecule has 1 unspecified atom stereocenters. The summed E-state index contributed by atoms with van der Waals surface area (Å²) in [6.07, 6.45) is 2.06. The molecule has 31 heavy (non-hydrogen) atoms. The molecular formula is C23H22N4O3S. The van der Waals surface area contributed by atoms with E-state index in [2.05, 4.69) is 15.6 Å². The minimum atomic E-state index is -0.778. The summed E-state index contributed by atoms with van der Waals surface area (Å²) in [6.45, 7) is 0.292. The molecule has 2 N–H and O–H groups in total. The van der Waals surface area contributed by atoms with Crippen molar-refractivity contribution in [2.75, 3.05) is 16.8 Å². The number of carbonyl (C=O) groups excluding carboxylic acids is 3. The predicted molar refractivity (Wildman–Crippen MR) is 120 cm³/mol. The van der Waals surface area contributed by atoms with Gasteiger partial charge in [-0.1, -0.05) is 48.5 Å². The fourth-order valence-corrected chi connectivity index (χ4v) is 4.10. The molecule has 3 aromatic rings. The molecule has 3 amide bonds. The summed E-state index contributed by atoms with van der Waals surface area (Å²) in [5, 5.41) is 7.86. The third kappa shape index (κ3) is 5.16. The molecule has 0 aliphatic carbocycles. The largest absolute Gasteiger partial charge is 0.344 e. The van der Waals surface area contributed by atoms with Gasteiger partial charge in [-0.3, -0.25) is 14.4 Å². The molecular weight excluding hydrogens is 412 g/mol. The van der Waals surface area contributed by atoms with E-state index in [0.29, 0.717) is 18.1 Å². The number of benzene rings is 2. The van der Waals surface area contributed by atoms with Crippen LogP contribution >= 0.6 is 11.3 Å². The Morgan fingerprint density at radius 3 is 2.48 bits per heavy atom. The summed E-state index contributed by atoms with van der Waals surface area (Å²) in [5.41, 5.74) is 1.70. The number of rotatable bonds is 7. The Hall–Kier alpha value is -3.52. The van der Waals surface area contributed by atoms with Crippen LogP contribution in [0.15, 0.2) is 72.2 Å². The van der Waals surface area contributed by atoms with Crippen molar-refractivity contribution in [3.63, 3.8) is 0 Å². The quantitative estimate of drug-likeness (QED) is 0.598. The lowest BCUT2D eigenvalue weighted by Crippen LogP contribution is -2.47. The highest BCUT2D eigenvalue weighted by Gasteiger charge is 2.36. The van der Waals surface area contributed by atoms with E-state index in [0.717, 1.165) is 11.3 Å². The van der Waals surface area contributed by atoms with Crippen molar-refractivity contribution in [3.8, 4) is 0 Å². The second-order valence-electron chi connectivity index (χ2n) is 7.32. The van der Waals surface area contributed by atoms with Crippen LogP contribution in [-0.2, 0) is 20.8 Å². The highest BCUT2D eigenvalue weighted by Crippen LogP contribution is 2.25. The van der Waals surface area contributed by atoms with Crippen LogP contribution in [0.2, 0.25) is 0 Å². The van der Waals surface area contributed by atoms with E-state index < -0.39 is 12.0 Å². The van der Waals surface area contributed by atoms with Crippen LogP contribution in [0.25, 0.3) is 0 Å². The molecule has 1 aromatic heterocycles. The first-order valence-electron chi connectivity index (χ1n) is 10.0. The van der Waals surface area contributed by atoms with Gasteiger partial charge in [-0.25, -0.2) is 4.98 Å². The second-order valence-corrected chi connectivity index (χ2v) is 8.21. The summed E-state index contributed by atoms with van der Waals surface area (Å²) in [6, 6.07) is 18.0. The van der Waals surface area contributed by atoms with Crippen LogP contribution in [0.4, 0.5) is 10.8 Å².